The van der Waals surface area contributed by atoms with Crippen molar-refractivity contribution in [1.29, 1.82) is 0 Å². The third-order valence-electron chi connectivity index (χ3n) is 7.04. The lowest BCUT2D eigenvalue weighted by Gasteiger charge is -2.29. The number of thiazole rings is 1. The lowest BCUT2D eigenvalue weighted by atomic mass is 9.87. The monoisotopic (exact) mass is 345 g/mol. The molecule has 3 unspecified atom stereocenters. The van der Waals surface area contributed by atoms with Gasteiger partial charge < -0.3 is 4.90 Å². The van der Waals surface area contributed by atoms with Crippen LogP contribution in [0.1, 0.15) is 62.4 Å². The summed E-state index contributed by atoms with van der Waals surface area (Å²) in [5.74, 6) is 2.85. The third-order valence-corrected chi connectivity index (χ3v) is 8.23. The van der Waals surface area contributed by atoms with E-state index in [-0.39, 0.29) is 0 Å². The highest BCUT2D eigenvalue weighted by Crippen LogP contribution is 2.50. The largest absolute Gasteiger partial charge is 0.345 e. The Bertz CT molecular complexity index is 592. The van der Waals surface area contributed by atoms with E-state index >= 15 is 0 Å². The molecule has 2 aliphatic carbocycles. The summed E-state index contributed by atoms with van der Waals surface area (Å²) in [7, 11) is 0. The molecule has 0 aromatic carbocycles. The van der Waals surface area contributed by atoms with Crippen molar-refractivity contribution in [2.24, 2.45) is 17.8 Å². The summed E-state index contributed by atoms with van der Waals surface area (Å²) in [6.45, 7) is 7.32. The second kappa shape index (κ2) is 6.28. The zero-order valence-electron chi connectivity index (χ0n) is 15.0. The molecule has 1 aromatic heterocycles. The molecule has 3 fully saturated rings. The molecule has 3 atom stereocenters. The van der Waals surface area contributed by atoms with E-state index in [4.69, 9.17) is 4.98 Å². The first-order chi connectivity index (χ1) is 11.8. The highest BCUT2D eigenvalue weighted by Gasteiger charge is 2.52. The van der Waals surface area contributed by atoms with Crippen molar-refractivity contribution in [2.45, 2.75) is 70.9 Å². The minimum atomic E-state index is 0.829. The number of piperidine rings is 1. The molecule has 0 bridgehead atoms. The molecule has 132 valence electrons. The van der Waals surface area contributed by atoms with E-state index in [1.165, 1.54) is 81.8 Å². The van der Waals surface area contributed by atoms with Crippen LogP contribution in [-0.4, -0.2) is 35.6 Å². The lowest BCUT2D eigenvalue weighted by Crippen LogP contribution is -2.32. The Morgan fingerprint density at radius 1 is 1.21 bits per heavy atom. The van der Waals surface area contributed by atoms with Crippen LogP contribution < -0.4 is 4.90 Å². The molecular formula is C20H31N3S. The highest BCUT2D eigenvalue weighted by molar-refractivity contribution is 7.15. The summed E-state index contributed by atoms with van der Waals surface area (Å²) in [4.78, 5) is 12.0. The van der Waals surface area contributed by atoms with Gasteiger partial charge in [0.25, 0.3) is 0 Å². The Morgan fingerprint density at radius 2 is 2.08 bits per heavy atom. The first kappa shape index (κ1) is 15.6. The smallest absolute Gasteiger partial charge is 0.186 e. The molecular weight excluding hydrogens is 314 g/mol. The number of aromatic nitrogens is 1. The van der Waals surface area contributed by atoms with Crippen LogP contribution in [0.2, 0.25) is 0 Å². The maximum absolute atomic E-state index is 5.09. The summed E-state index contributed by atoms with van der Waals surface area (Å²) < 4.78 is 0. The molecule has 0 radical (unpaired) electrons. The van der Waals surface area contributed by atoms with Crippen LogP contribution in [0.15, 0.2) is 0 Å². The van der Waals surface area contributed by atoms with E-state index in [1.54, 1.807) is 4.88 Å². The van der Waals surface area contributed by atoms with E-state index in [0.717, 1.165) is 30.3 Å². The van der Waals surface area contributed by atoms with Gasteiger partial charge in [0, 0.05) is 30.6 Å². The van der Waals surface area contributed by atoms with Crippen molar-refractivity contribution in [3.05, 3.63) is 10.6 Å². The first-order valence-corrected chi connectivity index (χ1v) is 11.1. The SMILES string of the molecule is CC1CN(c2nc3c(s2)CCN(CCC2CCCCC2)C3)C2CC12. The van der Waals surface area contributed by atoms with Crippen molar-refractivity contribution >= 4 is 16.5 Å². The van der Waals surface area contributed by atoms with Crippen molar-refractivity contribution in [2.75, 3.05) is 24.5 Å². The molecule has 0 N–H and O–H groups in total. The fraction of sp³-hybridized carbons (Fsp3) is 0.850. The predicted molar refractivity (Wildman–Crippen MR) is 101 cm³/mol. The molecule has 3 heterocycles. The first-order valence-electron chi connectivity index (χ1n) is 10.3. The van der Waals surface area contributed by atoms with Gasteiger partial charge in [-0.25, -0.2) is 4.98 Å². The lowest BCUT2D eigenvalue weighted by molar-refractivity contribution is 0.216. The van der Waals surface area contributed by atoms with Gasteiger partial charge in [-0.2, -0.15) is 0 Å². The normalized spacial score (nSPS) is 33.5. The maximum atomic E-state index is 5.09. The molecule has 1 aromatic rings. The quantitative estimate of drug-likeness (QED) is 0.810. The van der Waals surface area contributed by atoms with Gasteiger partial charge in [-0.05, 0) is 43.6 Å². The van der Waals surface area contributed by atoms with Crippen molar-refractivity contribution in [3.8, 4) is 0 Å². The average molecular weight is 346 g/mol. The zero-order valence-corrected chi connectivity index (χ0v) is 15.9. The van der Waals surface area contributed by atoms with Gasteiger partial charge in [-0.3, -0.25) is 4.90 Å². The van der Waals surface area contributed by atoms with Crippen LogP contribution in [0.5, 0.6) is 0 Å². The molecule has 5 rings (SSSR count). The third kappa shape index (κ3) is 2.90. The van der Waals surface area contributed by atoms with E-state index in [0.29, 0.717) is 0 Å². The number of rotatable bonds is 4. The summed E-state index contributed by atoms with van der Waals surface area (Å²) >= 11 is 2.00. The van der Waals surface area contributed by atoms with Gasteiger partial charge in [0.15, 0.2) is 5.13 Å². The summed E-state index contributed by atoms with van der Waals surface area (Å²) in [6.07, 6.45) is 11.4. The van der Waals surface area contributed by atoms with Crippen molar-refractivity contribution in [1.82, 2.24) is 9.88 Å². The summed E-state index contributed by atoms with van der Waals surface area (Å²) in [6, 6.07) is 0.829. The molecule has 24 heavy (non-hydrogen) atoms. The minimum Gasteiger partial charge on any atom is -0.345 e. The fourth-order valence-corrected chi connectivity index (χ4v) is 6.49. The average Bonchev–Trinajstić information content (AvgIpc) is 3.19. The maximum Gasteiger partial charge on any atom is 0.186 e. The molecule has 0 spiro atoms. The zero-order chi connectivity index (χ0) is 16.1. The Morgan fingerprint density at radius 3 is 2.83 bits per heavy atom. The Balaban J connectivity index is 1.20. The second-order valence-electron chi connectivity index (χ2n) is 8.78. The van der Waals surface area contributed by atoms with Crippen LogP contribution in [-0.2, 0) is 13.0 Å². The van der Waals surface area contributed by atoms with Gasteiger partial charge in [0.05, 0.1) is 5.69 Å². The number of fused-ring (bicyclic) bond motifs is 2. The van der Waals surface area contributed by atoms with Crippen LogP contribution >= 0.6 is 11.3 Å². The predicted octanol–water partition coefficient (Wildman–Crippen LogP) is 4.32. The Hall–Kier alpha value is -0.610. The molecule has 0 amide bonds. The van der Waals surface area contributed by atoms with Gasteiger partial charge in [-0.1, -0.05) is 39.0 Å². The van der Waals surface area contributed by atoms with E-state index in [2.05, 4.69) is 16.7 Å². The van der Waals surface area contributed by atoms with Gasteiger partial charge in [0.1, 0.15) is 0 Å². The minimum absolute atomic E-state index is 0.829. The van der Waals surface area contributed by atoms with Crippen LogP contribution in [0.3, 0.4) is 0 Å². The van der Waals surface area contributed by atoms with Crippen LogP contribution in [0, 0.1) is 17.8 Å². The molecule has 3 nitrogen and oxygen atoms in total. The molecule has 4 aliphatic rings. The molecule has 2 saturated carbocycles. The van der Waals surface area contributed by atoms with E-state index < -0.39 is 0 Å². The van der Waals surface area contributed by atoms with Crippen molar-refractivity contribution in [3.63, 3.8) is 0 Å². The Kier molecular flexibility index (Phi) is 4.09. The number of hydrogen-bond donors (Lipinski definition) is 0. The van der Waals surface area contributed by atoms with E-state index in [1.807, 2.05) is 11.3 Å². The molecule has 4 heteroatoms. The summed E-state index contributed by atoms with van der Waals surface area (Å²) in [5.41, 5.74) is 1.40. The van der Waals surface area contributed by atoms with Crippen LogP contribution in [0.25, 0.3) is 0 Å². The van der Waals surface area contributed by atoms with Gasteiger partial charge in [-0.15, -0.1) is 11.3 Å². The highest BCUT2D eigenvalue weighted by atomic mass is 32.1. The van der Waals surface area contributed by atoms with Gasteiger partial charge >= 0.3 is 0 Å². The second-order valence-corrected chi connectivity index (χ2v) is 9.84. The van der Waals surface area contributed by atoms with E-state index in [9.17, 15) is 0 Å². The fourth-order valence-electron chi connectivity index (χ4n) is 5.36. The van der Waals surface area contributed by atoms with Crippen molar-refractivity contribution < 1.29 is 0 Å². The summed E-state index contributed by atoms with van der Waals surface area (Å²) in [5, 5.41) is 1.34. The number of nitrogens with zero attached hydrogens (tertiary/aromatic N) is 3. The number of hydrogen-bond acceptors (Lipinski definition) is 4. The molecule has 1 saturated heterocycles. The topological polar surface area (TPSA) is 19.4 Å². The molecule has 2 aliphatic heterocycles. The van der Waals surface area contributed by atoms with Crippen LogP contribution in [0.4, 0.5) is 5.13 Å². The Labute approximate surface area is 150 Å². The standard InChI is InChI=1S/C20H31N3S/c1-14-12-23(18-11-16(14)18)20-21-17-13-22(10-8-19(17)24-20)9-7-15-5-3-2-4-6-15/h14-16,18H,2-13H2,1H3. The number of anilines is 1. The van der Waals surface area contributed by atoms with Gasteiger partial charge in [0.2, 0.25) is 0 Å².